The number of hydrogen-bond donors (Lipinski definition) is 2. The molecule has 2 rings (SSSR count). The van der Waals surface area contributed by atoms with E-state index in [4.69, 9.17) is 5.73 Å². The number of rotatable bonds is 5. The van der Waals surface area contributed by atoms with Gasteiger partial charge in [0.2, 0.25) is 5.91 Å². The molecule has 8 heteroatoms. The molecule has 124 valence electrons. The van der Waals surface area contributed by atoms with Gasteiger partial charge >= 0.3 is 6.61 Å². The zero-order valence-electron chi connectivity index (χ0n) is 11.8. The molecule has 1 aliphatic carbocycles. The molecule has 0 saturated heterocycles. The highest BCUT2D eigenvalue weighted by atomic mass is 79.9. The van der Waals surface area contributed by atoms with E-state index in [9.17, 15) is 13.6 Å². The third-order valence-corrected chi connectivity index (χ3v) is 4.12. The highest BCUT2D eigenvalue weighted by Gasteiger charge is 2.36. The second-order valence-electron chi connectivity index (χ2n) is 5.18. The fourth-order valence-electron chi connectivity index (χ4n) is 2.48. The molecule has 1 amide bonds. The summed E-state index contributed by atoms with van der Waals surface area (Å²) in [7, 11) is 0. The van der Waals surface area contributed by atoms with E-state index in [1.165, 1.54) is 6.07 Å². The first-order valence-electron chi connectivity index (χ1n) is 6.71. The van der Waals surface area contributed by atoms with Crippen molar-refractivity contribution >= 4 is 34.2 Å². The van der Waals surface area contributed by atoms with Crippen molar-refractivity contribution in [1.29, 1.82) is 0 Å². The van der Waals surface area contributed by atoms with Gasteiger partial charge in [-0.05, 0) is 31.0 Å². The molecule has 0 radical (unpaired) electrons. The molecule has 0 atom stereocenters. The molecule has 0 bridgehead atoms. The maximum absolute atomic E-state index is 12.4. The van der Waals surface area contributed by atoms with Crippen LogP contribution in [0.3, 0.4) is 0 Å². The Bertz CT molecular complexity index is 526. The predicted molar refractivity (Wildman–Crippen MR) is 85.3 cm³/mol. The molecule has 1 saturated carbocycles. The molecule has 4 nitrogen and oxygen atoms in total. The predicted octanol–water partition coefficient (Wildman–Crippen LogP) is 3.36. The highest BCUT2D eigenvalue weighted by Crippen LogP contribution is 2.28. The highest BCUT2D eigenvalue weighted by molar-refractivity contribution is 9.10. The third-order valence-electron chi connectivity index (χ3n) is 3.63. The van der Waals surface area contributed by atoms with E-state index < -0.39 is 12.2 Å². The lowest BCUT2D eigenvalue weighted by atomic mass is 9.98. The molecule has 0 spiro atoms. The monoisotopic (exact) mass is 398 g/mol. The van der Waals surface area contributed by atoms with E-state index in [-0.39, 0.29) is 30.6 Å². The number of ether oxygens (including phenoxy) is 1. The normalized spacial score (nSPS) is 16.2. The fraction of sp³-hybridized carbons (Fsp3) is 0.500. The first-order chi connectivity index (χ1) is 9.90. The molecule has 1 fully saturated rings. The first kappa shape index (κ1) is 19.1. The van der Waals surface area contributed by atoms with Gasteiger partial charge in [0.1, 0.15) is 5.75 Å². The van der Waals surface area contributed by atoms with Crippen LogP contribution in [0.5, 0.6) is 5.75 Å². The smallest absolute Gasteiger partial charge is 0.387 e. The van der Waals surface area contributed by atoms with Crippen LogP contribution in [0.4, 0.5) is 8.78 Å². The van der Waals surface area contributed by atoms with Gasteiger partial charge in [-0.3, -0.25) is 4.79 Å². The molecule has 3 N–H and O–H groups in total. The van der Waals surface area contributed by atoms with E-state index in [0.717, 1.165) is 17.3 Å². The second-order valence-corrected chi connectivity index (χ2v) is 6.09. The van der Waals surface area contributed by atoms with Gasteiger partial charge in [0.25, 0.3) is 0 Å². The van der Waals surface area contributed by atoms with Gasteiger partial charge in [-0.2, -0.15) is 8.78 Å². The van der Waals surface area contributed by atoms with Crippen molar-refractivity contribution in [3.63, 3.8) is 0 Å². The summed E-state index contributed by atoms with van der Waals surface area (Å²) in [5, 5.41) is 2.71. The topological polar surface area (TPSA) is 64.4 Å². The molecule has 1 aromatic carbocycles. The third kappa shape index (κ3) is 4.79. The molecule has 0 aliphatic heterocycles. The van der Waals surface area contributed by atoms with Crippen LogP contribution in [0.15, 0.2) is 22.7 Å². The van der Waals surface area contributed by atoms with Crippen molar-refractivity contribution in [3.8, 4) is 5.75 Å². The summed E-state index contributed by atoms with van der Waals surface area (Å²) < 4.78 is 29.9. The van der Waals surface area contributed by atoms with Crippen LogP contribution in [0.1, 0.15) is 31.2 Å². The summed E-state index contributed by atoms with van der Waals surface area (Å²) in [5.41, 5.74) is 5.68. The zero-order valence-corrected chi connectivity index (χ0v) is 14.2. The number of carbonyl (C=O) groups excluding carboxylic acids is 1. The molecular formula is C14H18BrClF2N2O2. The molecular weight excluding hydrogens is 382 g/mol. The van der Waals surface area contributed by atoms with Crippen LogP contribution in [0.2, 0.25) is 0 Å². The molecule has 1 aromatic rings. The second kappa shape index (κ2) is 8.08. The maximum Gasteiger partial charge on any atom is 0.387 e. The number of amides is 1. The number of carbonyl (C=O) groups is 1. The van der Waals surface area contributed by atoms with Crippen LogP contribution in [0.25, 0.3) is 0 Å². The number of halogens is 4. The summed E-state index contributed by atoms with van der Waals surface area (Å²) in [4.78, 5) is 12.1. The van der Waals surface area contributed by atoms with E-state index in [2.05, 4.69) is 26.0 Å². The van der Waals surface area contributed by atoms with Crippen LogP contribution < -0.4 is 15.8 Å². The average Bonchev–Trinajstić information content (AvgIpc) is 2.86. The lowest BCUT2D eigenvalue weighted by molar-refractivity contribution is -0.126. The van der Waals surface area contributed by atoms with E-state index in [0.29, 0.717) is 18.4 Å². The van der Waals surface area contributed by atoms with Gasteiger partial charge in [-0.1, -0.05) is 28.8 Å². The van der Waals surface area contributed by atoms with Gasteiger partial charge in [0, 0.05) is 16.6 Å². The van der Waals surface area contributed by atoms with E-state index >= 15 is 0 Å². The summed E-state index contributed by atoms with van der Waals surface area (Å²) in [5.74, 6) is -0.200. The summed E-state index contributed by atoms with van der Waals surface area (Å²) in [6, 6.07) is 4.67. The summed E-state index contributed by atoms with van der Waals surface area (Å²) >= 11 is 3.27. The number of nitrogens with two attached hydrogens (primary N) is 1. The lowest BCUT2D eigenvalue weighted by Gasteiger charge is -2.22. The van der Waals surface area contributed by atoms with Gasteiger partial charge in [-0.15, -0.1) is 12.4 Å². The quantitative estimate of drug-likeness (QED) is 0.798. The average molecular weight is 400 g/mol. The Labute approximate surface area is 142 Å². The van der Waals surface area contributed by atoms with Gasteiger partial charge < -0.3 is 15.8 Å². The number of hydrogen-bond acceptors (Lipinski definition) is 3. The van der Waals surface area contributed by atoms with Crippen LogP contribution in [0, 0.1) is 0 Å². The van der Waals surface area contributed by atoms with Crippen molar-refractivity contribution in [2.45, 2.75) is 44.4 Å². The van der Waals surface area contributed by atoms with Crippen molar-refractivity contribution in [2.24, 2.45) is 5.73 Å². The number of nitrogens with one attached hydrogen (secondary N) is 1. The minimum Gasteiger partial charge on any atom is -0.434 e. The number of benzene rings is 1. The van der Waals surface area contributed by atoms with Crippen LogP contribution in [-0.4, -0.2) is 18.1 Å². The molecule has 0 aromatic heterocycles. The molecule has 22 heavy (non-hydrogen) atoms. The minimum atomic E-state index is -2.91. The van der Waals surface area contributed by atoms with Crippen molar-refractivity contribution in [2.75, 3.05) is 0 Å². The Morgan fingerprint density at radius 1 is 1.41 bits per heavy atom. The zero-order chi connectivity index (χ0) is 15.5. The van der Waals surface area contributed by atoms with Gasteiger partial charge in [0.05, 0.1) is 5.54 Å². The van der Waals surface area contributed by atoms with Crippen molar-refractivity contribution in [3.05, 3.63) is 28.2 Å². The Morgan fingerprint density at radius 2 is 2.05 bits per heavy atom. The van der Waals surface area contributed by atoms with Gasteiger partial charge in [0.15, 0.2) is 0 Å². The van der Waals surface area contributed by atoms with Crippen LogP contribution in [-0.2, 0) is 11.3 Å². The Balaban J connectivity index is 0.00000242. The fourth-order valence-corrected chi connectivity index (χ4v) is 2.89. The summed E-state index contributed by atoms with van der Waals surface area (Å²) in [6.07, 6.45) is 3.16. The first-order valence-corrected chi connectivity index (χ1v) is 7.50. The largest absolute Gasteiger partial charge is 0.434 e. The lowest BCUT2D eigenvalue weighted by Crippen LogP contribution is -2.51. The Hall–Kier alpha value is -0.920. The van der Waals surface area contributed by atoms with Gasteiger partial charge in [-0.25, -0.2) is 0 Å². The van der Waals surface area contributed by atoms with Crippen molar-refractivity contribution < 1.29 is 18.3 Å². The van der Waals surface area contributed by atoms with Crippen molar-refractivity contribution in [1.82, 2.24) is 5.32 Å². The van der Waals surface area contributed by atoms with Crippen LogP contribution >= 0.6 is 28.3 Å². The molecule has 0 heterocycles. The van der Waals surface area contributed by atoms with E-state index in [1.54, 1.807) is 12.1 Å². The maximum atomic E-state index is 12.4. The summed E-state index contributed by atoms with van der Waals surface area (Å²) in [6.45, 7) is -2.81. The minimum absolute atomic E-state index is 0. The Morgan fingerprint density at radius 3 is 2.64 bits per heavy atom. The Kier molecular flexibility index (Phi) is 7.02. The van der Waals surface area contributed by atoms with E-state index in [1.807, 2.05) is 0 Å². The SMILES string of the molecule is Cl.NC1(C(=O)NCc2cc(Br)ccc2OC(F)F)CCCC1. The molecule has 0 unspecified atom stereocenters. The standard InChI is InChI=1S/C14H17BrF2N2O2.ClH/c15-10-3-4-11(21-13(16)17)9(7-10)8-19-12(20)14(18)5-1-2-6-14;/h3-4,7,13H,1-2,5-6,8,18H2,(H,19,20);1H. The molecule has 1 aliphatic rings. The number of alkyl halides is 2.